The fraction of sp³-hybridized carbons (Fsp3) is 0.818. The number of anilines is 1. The molecule has 18 heavy (non-hydrogen) atoms. The molecule has 1 aromatic rings. The zero-order chi connectivity index (χ0) is 13.2. The molecule has 7 heteroatoms. The highest BCUT2D eigenvalue weighted by Crippen LogP contribution is 2.28. The van der Waals surface area contributed by atoms with E-state index in [9.17, 15) is 8.42 Å². The van der Waals surface area contributed by atoms with Gasteiger partial charge in [-0.1, -0.05) is 18.9 Å². The lowest BCUT2D eigenvalue weighted by molar-refractivity contribution is 0.463. The maximum Gasteiger partial charge on any atom is 0.315 e. The fourth-order valence-corrected chi connectivity index (χ4v) is 3.85. The molecule has 0 bridgehead atoms. The van der Waals surface area contributed by atoms with Crippen LogP contribution in [0.5, 0.6) is 0 Å². The Kier molecular flexibility index (Phi) is 3.89. The lowest BCUT2D eigenvalue weighted by atomic mass is 10.1. The molecule has 1 fully saturated rings. The minimum Gasteiger partial charge on any atom is -0.408 e. The number of aromatic nitrogens is 2. The Bertz CT molecular complexity index is 493. The molecule has 1 saturated heterocycles. The van der Waals surface area contributed by atoms with Crippen molar-refractivity contribution in [1.29, 1.82) is 0 Å². The summed E-state index contributed by atoms with van der Waals surface area (Å²) in [7, 11) is -2.91. The highest BCUT2D eigenvalue weighted by atomic mass is 32.2. The third-order valence-corrected chi connectivity index (χ3v) is 5.10. The third-order valence-electron chi connectivity index (χ3n) is 3.34. The van der Waals surface area contributed by atoms with Gasteiger partial charge in [-0.3, -0.25) is 0 Å². The van der Waals surface area contributed by atoms with Crippen molar-refractivity contribution in [3.05, 3.63) is 5.89 Å². The Labute approximate surface area is 107 Å². The van der Waals surface area contributed by atoms with Crippen LogP contribution in [0.25, 0.3) is 0 Å². The van der Waals surface area contributed by atoms with Crippen LogP contribution in [0, 0.1) is 0 Å². The second-order valence-electron chi connectivity index (χ2n) is 4.70. The molecule has 0 aromatic carbocycles. The molecule has 1 unspecified atom stereocenters. The molecular formula is C11H19N3O3S. The molecule has 1 aliphatic rings. The molecule has 0 aliphatic carbocycles. The quantitative estimate of drug-likeness (QED) is 0.876. The van der Waals surface area contributed by atoms with Crippen LogP contribution in [0.2, 0.25) is 0 Å². The standard InChI is InChI=1S/C11H19N3O3S/c1-3-9(4-2)12-11-14-13-10(17-11)8-5-6-18(15,16)7-8/h8-9H,3-7H2,1-2H3,(H,12,14). The van der Waals surface area contributed by atoms with Crippen LogP contribution in [-0.4, -0.2) is 36.2 Å². The fourth-order valence-electron chi connectivity index (χ4n) is 2.12. The molecule has 1 aliphatic heterocycles. The number of nitrogens with one attached hydrogen (secondary N) is 1. The molecule has 1 aromatic heterocycles. The molecule has 102 valence electrons. The minimum atomic E-state index is -2.91. The van der Waals surface area contributed by atoms with Crippen molar-refractivity contribution >= 4 is 15.9 Å². The second-order valence-corrected chi connectivity index (χ2v) is 6.93. The molecule has 1 N–H and O–H groups in total. The van der Waals surface area contributed by atoms with Gasteiger partial charge in [-0.05, 0) is 19.3 Å². The summed E-state index contributed by atoms with van der Waals surface area (Å²) in [6.07, 6.45) is 2.53. The van der Waals surface area contributed by atoms with Gasteiger partial charge in [0.25, 0.3) is 0 Å². The first kappa shape index (κ1) is 13.3. The SMILES string of the molecule is CCC(CC)Nc1nnc(C2CCS(=O)(=O)C2)o1. The van der Waals surface area contributed by atoms with Crippen molar-refractivity contribution in [3.63, 3.8) is 0 Å². The van der Waals surface area contributed by atoms with E-state index >= 15 is 0 Å². The van der Waals surface area contributed by atoms with Crippen molar-refractivity contribution in [2.45, 2.75) is 45.1 Å². The summed E-state index contributed by atoms with van der Waals surface area (Å²) in [5, 5.41) is 11.0. The summed E-state index contributed by atoms with van der Waals surface area (Å²) in [6.45, 7) is 4.17. The van der Waals surface area contributed by atoms with Crippen LogP contribution in [0.3, 0.4) is 0 Å². The smallest absolute Gasteiger partial charge is 0.315 e. The second kappa shape index (κ2) is 5.26. The highest BCUT2D eigenvalue weighted by molar-refractivity contribution is 7.91. The topological polar surface area (TPSA) is 85.1 Å². The average Bonchev–Trinajstić information content (AvgIpc) is 2.92. The molecular weight excluding hydrogens is 254 g/mol. The van der Waals surface area contributed by atoms with E-state index in [0.29, 0.717) is 24.4 Å². The van der Waals surface area contributed by atoms with Crippen LogP contribution in [-0.2, 0) is 9.84 Å². The summed E-state index contributed by atoms with van der Waals surface area (Å²) in [5.74, 6) is 0.638. The van der Waals surface area contributed by atoms with Gasteiger partial charge in [0.2, 0.25) is 5.89 Å². The zero-order valence-corrected chi connectivity index (χ0v) is 11.5. The average molecular weight is 273 g/mol. The van der Waals surface area contributed by atoms with Gasteiger partial charge in [-0.2, -0.15) is 0 Å². The molecule has 6 nitrogen and oxygen atoms in total. The Morgan fingerprint density at radius 1 is 1.39 bits per heavy atom. The third kappa shape index (κ3) is 3.01. The first-order valence-electron chi connectivity index (χ1n) is 6.34. The summed E-state index contributed by atoms with van der Waals surface area (Å²) < 4.78 is 28.3. The molecule has 0 spiro atoms. The van der Waals surface area contributed by atoms with Crippen LogP contribution < -0.4 is 5.32 Å². The van der Waals surface area contributed by atoms with E-state index in [0.717, 1.165) is 12.8 Å². The van der Waals surface area contributed by atoms with Gasteiger partial charge < -0.3 is 9.73 Å². The van der Waals surface area contributed by atoms with Gasteiger partial charge in [0.15, 0.2) is 9.84 Å². The van der Waals surface area contributed by atoms with Gasteiger partial charge in [0.1, 0.15) is 0 Å². The number of hydrogen-bond donors (Lipinski definition) is 1. The van der Waals surface area contributed by atoms with Crippen LogP contribution >= 0.6 is 0 Å². The van der Waals surface area contributed by atoms with Crippen molar-refractivity contribution in [2.24, 2.45) is 0 Å². The summed E-state index contributed by atoms with van der Waals surface area (Å²) in [5.41, 5.74) is 0. The molecule has 2 rings (SSSR count). The van der Waals surface area contributed by atoms with E-state index in [-0.39, 0.29) is 17.4 Å². The number of rotatable bonds is 5. The first-order chi connectivity index (χ1) is 8.54. The lowest BCUT2D eigenvalue weighted by Gasteiger charge is -2.11. The first-order valence-corrected chi connectivity index (χ1v) is 8.16. The van der Waals surface area contributed by atoms with Gasteiger partial charge in [0, 0.05) is 6.04 Å². The van der Waals surface area contributed by atoms with Crippen LogP contribution in [0.4, 0.5) is 6.01 Å². The van der Waals surface area contributed by atoms with Gasteiger partial charge in [-0.25, -0.2) is 8.42 Å². The number of nitrogens with zero attached hydrogens (tertiary/aromatic N) is 2. The van der Waals surface area contributed by atoms with Crippen molar-refractivity contribution in [1.82, 2.24) is 10.2 Å². The predicted molar refractivity (Wildman–Crippen MR) is 68.3 cm³/mol. The molecule has 0 saturated carbocycles. The van der Waals surface area contributed by atoms with Crippen molar-refractivity contribution < 1.29 is 12.8 Å². The summed E-state index contributed by atoms with van der Waals surface area (Å²) in [4.78, 5) is 0. The van der Waals surface area contributed by atoms with Gasteiger partial charge in [0.05, 0.1) is 17.4 Å². The maximum atomic E-state index is 11.4. The predicted octanol–water partition coefficient (Wildman–Crippen LogP) is 1.57. The monoisotopic (exact) mass is 273 g/mol. The van der Waals surface area contributed by atoms with E-state index in [4.69, 9.17) is 4.42 Å². The summed E-state index contributed by atoms with van der Waals surface area (Å²) >= 11 is 0. The zero-order valence-electron chi connectivity index (χ0n) is 10.7. The molecule has 1 atom stereocenters. The van der Waals surface area contributed by atoms with E-state index < -0.39 is 9.84 Å². The van der Waals surface area contributed by atoms with E-state index in [2.05, 4.69) is 29.4 Å². The van der Waals surface area contributed by atoms with E-state index in [1.807, 2.05) is 0 Å². The number of hydrogen-bond acceptors (Lipinski definition) is 6. The molecule has 0 amide bonds. The largest absolute Gasteiger partial charge is 0.408 e. The Morgan fingerprint density at radius 3 is 2.67 bits per heavy atom. The minimum absolute atomic E-state index is 0.125. The van der Waals surface area contributed by atoms with E-state index in [1.54, 1.807) is 0 Å². The van der Waals surface area contributed by atoms with Crippen molar-refractivity contribution in [3.8, 4) is 0 Å². The maximum absolute atomic E-state index is 11.4. The molecule has 0 radical (unpaired) electrons. The molecule has 2 heterocycles. The lowest BCUT2D eigenvalue weighted by Crippen LogP contribution is -2.17. The van der Waals surface area contributed by atoms with Gasteiger partial charge >= 0.3 is 6.01 Å². The Hall–Kier alpha value is -1.11. The Morgan fingerprint density at radius 2 is 2.11 bits per heavy atom. The van der Waals surface area contributed by atoms with Gasteiger partial charge in [-0.15, -0.1) is 5.10 Å². The highest BCUT2D eigenvalue weighted by Gasteiger charge is 2.32. The Balaban J connectivity index is 2.02. The number of sulfone groups is 1. The summed E-state index contributed by atoms with van der Waals surface area (Å²) in [6, 6.07) is 0.702. The van der Waals surface area contributed by atoms with E-state index in [1.165, 1.54) is 0 Å². The van der Waals surface area contributed by atoms with Crippen LogP contribution in [0.1, 0.15) is 44.9 Å². The van der Waals surface area contributed by atoms with Crippen LogP contribution in [0.15, 0.2) is 4.42 Å². The van der Waals surface area contributed by atoms with Crippen molar-refractivity contribution in [2.75, 3.05) is 16.8 Å². The normalized spacial score (nSPS) is 22.5.